The van der Waals surface area contributed by atoms with Gasteiger partial charge in [0, 0.05) is 36.9 Å². The van der Waals surface area contributed by atoms with Crippen LogP contribution in [0.4, 0.5) is 5.69 Å². The molecule has 0 bridgehead atoms. The van der Waals surface area contributed by atoms with Crippen LogP contribution in [0, 0.1) is 0 Å². The SMILES string of the molecule is CCCN(CC)c1ccc(C(=O)NCC(N)c2ccccc2)cc1.Cl.Cl. The highest BCUT2D eigenvalue weighted by molar-refractivity contribution is 5.94. The fourth-order valence-corrected chi connectivity index (χ4v) is 2.69. The van der Waals surface area contributed by atoms with Crippen molar-refractivity contribution in [2.24, 2.45) is 5.73 Å². The van der Waals surface area contributed by atoms with Gasteiger partial charge in [-0.05, 0) is 43.2 Å². The molecule has 2 aromatic rings. The van der Waals surface area contributed by atoms with E-state index in [9.17, 15) is 4.79 Å². The molecule has 1 atom stereocenters. The van der Waals surface area contributed by atoms with Crippen LogP contribution in [0.15, 0.2) is 54.6 Å². The van der Waals surface area contributed by atoms with Crippen LogP contribution in [0.2, 0.25) is 0 Å². The molecule has 26 heavy (non-hydrogen) atoms. The van der Waals surface area contributed by atoms with E-state index in [1.807, 2.05) is 54.6 Å². The summed E-state index contributed by atoms with van der Waals surface area (Å²) in [7, 11) is 0. The Bertz CT molecular complexity index is 635. The van der Waals surface area contributed by atoms with Crippen LogP contribution in [-0.4, -0.2) is 25.5 Å². The summed E-state index contributed by atoms with van der Waals surface area (Å²) >= 11 is 0. The Balaban J connectivity index is 0.00000312. The molecule has 144 valence electrons. The van der Waals surface area contributed by atoms with Gasteiger partial charge in [-0.25, -0.2) is 0 Å². The molecular formula is C20H29Cl2N3O. The quantitative estimate of drug-likeness (QED) is 0.701. The van der Waals surface area contributed by atoms with Gasteiger partial charge in [0.1, 0.15) is 0 Å². The Hall–Kier alpha value is -1.75. The average molecular weight is 398 g/mol. The first-order valence-electron chi connectivity index (χ1n) is 8.59. The number of carbonyl (C=O) groups is 1. The highest BCUT2D eigenvalue weighted by Crippen LogP contribution is 2.16. The molecule has 0 saturated carbocycles. The van der Waals surface area contributed by atoms with Crippen molar-refractivity contribution in [2.75, 3.05) is 24.5 Å². The number of amides is 1. The summed E-state index contributed by atoms with van der Waals surface area (Å²) in [4.78, 5) is 14.6. The first kappa shape index (κ1) is 24.2. The van der Waals surface area contributed by atoms with Crippen molar-refractivity contribution in [3.63, 3.8) is 0 Å². The first-order chi connectivity index (χ1) is 11.7. The third kappa shape index (κ3) is 6.87. The van der Waals surface area contributed by atoms with Crippen molar-refractivity contribution in [1.29, 1.82) is 0 Å². The van der Waals surface area contributed by atoms with Gasteiger partial charge in [0.05, 0.1) is 0 Å². The molecule has 0 aliphatic heterocycles. The summed E-state index contributed by atoms with van der Waals surface area (Å²) in [6, 6.07) is 17.3. The standard InChI is InChI=1S/C20H27N3O.2ClH/c1-3-14-23(4-2)18-12-10-17(11-13-18)20(24)22-15-19(21)16-8-6-5-7-9-16;;/h5-13,19H,3-4,14-15,21H2,1-2H3,(H,22,24);2*1H. The Morgan fingerprint density at radius 2 is 1.65 bits per heavy atom. The molecule has 0 saturated heterocycles. The lowest BCUT2D eigenvalue weighted by Crippen LogP contribution is -2.32. The monoisotopic (exact) mass is 397 g/mol. The topological polar surface area (TPSA) is 58.4 Å². The number of carbonyl (C=O) groups excluding carboxylic acids is 1. The van der Waals surface area contributed by atoms with E-state index in [0.29, 0.717) is 12.1 Å². The van der Waals surface area contributed by atoms with E-state index >= 15 is 0 Å². The predicted molar refractivity (Wildman–Crippen MR) is 115 cm³/mol. The molecule has 6 heteroatoms. The number of nitrogens with two attached hydrogens (primary N) is 1. The van der Waals surface area contributed by atoms with Gasteiger partial charge in [0.2, 0.25) is 0 Å². The van der Waals surface area contributed by atoms with Crippen LogP contribution >= 0.6 is 24.8 Å². The molecule has 0 radical (unpaired) electrons. The lowest BCUT2D eigenvalue weighted by molar-refractivity contribution is 0.0951. The van der Waals surface area contributed by atoms with Crippen molar-refractivity contribution >= 4 is 36.4 Å². The Labute approximate surface area is 169 Å². The summed E-state index contributed by atoms with van der Waals surface area (Å²) in [5.41, 5.74) is 8.94. The number of nitrogens with zero attached hydrogens (tertiary/aromatic N) is 1. The maximum Gasteiger partial charge on any atom is 0.251 e. The average Bonchev–Trinajstić information content (AvgIpc) is 2.64. The van der Waals surface area contributed by atoms with E-state index in [-0.39, 0.29) is 36.8 Å². The number of hydrogen-bond donors (Lipinski definition) is 2. The molecule has 2 aromatic carbocycles. The van der Waals surface area contributed by atoms with E-state index < -0.39 is 0 Å². The molecular weight excluding hydrogens is 369 g/mol. The van der Waals surface area contributed by atoms with Crippen molar-refractivity contribution in [2.45, 2.75) is 26.3 Å². The number of hydrogen-bond acceptors (Lipinski definition) is 3. The molecule has 1 unspecified atom stereocenters. The minimum Gasteiger partial charge on any atom is -0.372 e. The third-order valence-corrected chi connectivity index (χ3v) is 4.08. The van der Waals surface area contributed by atoms with Crippen LogP contribution < -0.4 is 16.0 Å². The second-order valence-electron chi connectivity index (χ2n) is 5.85. The first-order valence-corrected chi connectivity index (χ1v) is 8.59. The minimum atomic E-state index is -0.199. The van der Waals surface area contributed by atoms with Crippen LogP contribution in [0.3, 0.4) is 0 Å². The predicted octanol–water partition coefficient (Wildman–Crippen LogP) is 4.20. The third-order valence-electron chi connectivity index (χ3n) is 4.08. The van der Waals surface area contributed by atoms with E-state index in [2.05, 4.69) is 24.1 Å². The largest absolute Gasteiger partial charge is 0.372 e. The van der Waals surface area contributed by atoms with Gasteiger partial charge in [-0.1, -0.05) is 37.3 Å². The number of halogens is 2. The molecule has 0 spiro atoms. The molecule has 0 aromatic heterocycles. The summed E-state index contributed by atoms with van der Waals surface area (Å²) in [6.45, 7) is 6.71. The van der Waals surface area contributed by atoms with Crippen LogP contribution in [0.5, 0.6) is 0 Å². The molecule has 3 N–H and O–H groups in total. The van der Waals surface area contributed by atoms with Crippen molar-refractivity contribution < 1.29 is 4.79 Å². The zero-order valence-electron chi connectivity index (χ0n) is 15.4. The lowest BCUT2D eigenvalue weighted by atomic mass is 10.1. The minimum absolute atomic E-state index is 0. The molecule has 2 rings (SSSR count). The Morgan fingerprint density at radius 1 is 1.04 bits per heavy atom. The normalized spacial score (nSPS) is 10.9. The number of rotatable bonds is 8. The summed E-state index contributed by atoms with van der Waals surface area (Å²) < 4.78 is 0. The lowest BCUT2D eigenvalue weighted by Gasteiger charge is -2.22. The highest BCUT2D eigenvalue weighted by Gasteiger charge is 2.10. The fourth-order valence-electron chi connectivity index (χ4n) is 2.69. The van der Waals surface area contributed by atoms with Crippen molar-refractivity contribution in [3.05, 3.63) is 65.7 Å². The van der Waals surface area contributed by atoms with E-state index in [0.717, 1.165) is 30.8 Å². The van der Waals surface area contributed by atoms with Crippen LogP contribution in [-0.2, 0) is 0 Å². The second kappa shape index (κ2) is 12.6. The van der Waals surface area contributed by atoms with Crippen LogP contribution in [0.25, 0.3) is 0 Å². The molecule has 4 nitrogen and oxygen atoms in total. The van der Waals surface area contributed by atoms with Gasteiger partial charge >= 0.3 is 0 Å². The maximum absolute atomic E-state index is 12.3. The van der Waals surface area contributed by atoms with Gasteiger partial charge < -0.3 is 16.0 Å². The molecule has 0 aliphatic rings. The van der Waals surface area contributed by atoms with Crippen molar-refractivity contribution in [3.8, 4) is 0 Å². The maximum atomic E-state index is 12.3. The van der Waals surface area contributed by atoms with E-state index in [1.165, 1.54) is 0 Å². The summed E-state index contributed by atoms with van der Waals surface area (Å²) in [5, 5.41) is 2.91. The van der Waals surface area contributed by atoms with E-state index in [1.54, 1.807) is 0 Å². The molecule has 0 heterocycles. The Kier molecular flexibility index (Phi) is 11.7. The van der Waals surface area contributed by atoms with Gasteiger partial charge in [-0.2, -0.15) is 0 Å². The van der Waals surface area contributed by atoms with Crippen LogP contribution in [0.1, 0.15) is 42.2 Å². The zero-order chi connectivity index (χ0) is 17.4. The zero-order valence-corrected chi connectivity index (χ0v) is 17.0. The fraction of sp³-hybridized carbons (Fsp3) is 0.350. The molecule has 0 fully saturated rings. The number of benzene rings is 2. The molecule has 0 aliphatic carbocycles. The van der Waals surface area contributed by atoms with E-state index in [4.69, 9.17) is 5.73 Å². The smallest absolute Gasteiger partial charge is 0.251 e. The number of nitrogens with one attached hydrogen (secondary N) is 1. The number of anilines is 1. The highest BCUT2D eigenvalue weighted by atomic mass is 35.5. The Morgan fingerprint density at radius 3 is 2.19 bits per heavy atom. The van der Waals surface area contributed by atoms with Gasteiger partial charge in [0.25, 0.3) is 5.91 Å². The van der Waals surface area contributed by atoms with Gasteiger partial charge in [-0.15, -0.1) is 24.8 Å². The second-order valence-corrected chi connectivity index (χ2v) is 5.85. The molecule has 1 amide bonds. The summed E-state index contributed by atoms with van der Waals surface area (Å²) in [6.07, 6.45) is 1.10. The van der Waals surface area contributed by atoms with Gasteiger partial charge in [-0.3, -0.25) is 4.79 Å². The summed E-state index contributed by atoms with van der Waals surface area (Å²) in [5.74, 6) is -0.0912. The van der Waals surface area contributed by atoms with Crippen molar-refractivity contribution in [1.82, 2.24) is 5.32 Å². The van der Waals surface area contributed by atoms with Gasteiger partial charge in [0.15, 0.2) is 0 Å².